The highest BCUT2D eigenvalue weighted by atomic mass is 14.9. The molecule has 0 aliphatic heterocycles. The van der Waals surface area contributed by atoms with Gasteiger partial charge in [0.1, 0.15) is 0 Å². The second-order valence-electron chi connectivity index (χ2n) is 4.63. The van der Waals surface area contributed by atoms with Crippen LogP contribution in [0.3, 0.4) is 0 Å². The third-order valence-electron chi connectivity index (χ3n) is 3.25. The third kappa shape index (κ3) is 3.97. The molecular formula is C15H25N. The highest BCUT2D eigenvalue weighted by Crippen LogP contribution is 2.14. The maximum atomic E-state index is 3.54. The zero-order valence-corrected chi connectivity index (χ0v) is 11.1. The van der Waals surface area contributed by atoms with E-state index in [9.17, 15) is 0 Å². The van der Waals surface area contributed by atoms with Crippen molar-refractivity contribution in [3.05, 3.63) is 34.9 Å². The molecule has 1 heteroatoms. The van der Waals surface area contributed by atoms with Crippen LogP contribution in [0, 0.1) is 13.8 Å². The molecule has 1 atom stereocenters. The fourth-order valence-electron chi connectivity index (χ4n) is 2.14. The Balaban J connectivity index is 2.55. The van der Waals surface area contributed by atoms with Crippen LogP contribution in [0.2, 0.25) is 0 Å². The monoisotopic (exact) mass is 219 g/mol. The van der Waals surface area contributed by atoms with Crippen molar-refractivity contribution in [2.75, 3.05) is 6.54 Å². The molecule has 1 rings (SSSR count). The molecule has 90 valence electrons. The molecular weight excluding hydrogens is 194 g/mol. The third-order valence-corrected chi connectivity index (χ3v) is 3.25. The van der Waals surface area contributed by atoms with Gasteiger partial charge in [-0.1, -0.05) is 37.6 Å². The Morgan fingerprint density at radius 2 is 1.94 bits per heavy atom. The molecule has 0 aliphatic rings. The maximum Gasteiger partial charge on any atom is 0.00674 e. The number of hydrogen-bond acceptors (Lipinski definition) is 1. The molecule has 0 radical (unpaired) electrons. The minimum absolute atomic E-state index is 0.671. The van der Waals surface area contributed by atoms with Crippen molar-refractivity contribution in [1.29, 1.82) is 0 Å². The average molecular weight is 219 g/mol. The molecule has 0 bridgehead atoms. The van der Waals surface area contributed by atoms with E-state index in [0.717, 1.165) is 6.54 Å². The van der Waals surface area contributed by atoms with E-state index in [1.807, 2.05) is 0 Å². The zero-order valence-electron chi connectivity index (χ0n) is 11.1. The molecule has 0 aromatic heterocycles. The van der Waals surface area contributed by atoms with Gasteiger partial charge in [0.05, 0.1) is 0 Å². The molecule has 1 nitrogen and oxygen atoms in total. The fourth-order valence-corrected chi connectivity index (χ4v) is 2.14. The number of aryl methyl sites for hydroxylation is 3. The lowest BCUT2D eigenvalue weighted by Crippen LogP contribution is -2.28. The summed E-state index contributed by atoms with van der Waals surface area (Å²) in [5.41, 5.74) is 4.31. The van der Waals surface area contributed by atoms with Gasteiger partial charge in [-0.2, -0.15) is 0 Å². The Hall–Kier alpha value is -0.820. The highest BCUT2D eigenvalue weighted by molar-refractivity contribution is 5.30. The number of rotatable bonds is 6. The van der Waals surface area contributed by atoms with Crippen molar-refractivity contribution >= 4 is 0 Å². The second-order valence-corrected chi connectivity index (χ2v) is 4.63. The summed E-state index contributed by atoms with van der Waals surface area (Å²) in [6.07, 6.45) is 3.66. The first-order valence-electron chi connectivity index (χ1n) is 6.46. The minimum atomic E-state index is 0.671. The first kappa shape index (κ1) is 13.2. The van der Waals surface area contributed by atoms with Crippen molar-refractivity contribution in [3.8, 4) is 0 Å². The molecule has 1 aromatic rings. The smallest absolute Gasteiger partial charge is 0.00674 e. The van der Waals surface area contributed by atoms with Crippen molar-refractivity contribution in [3.63, 3.8) is 0 Å². The summed E-state index contributed by atoms with van der Waals surface area (Å²) in [4.78, 5) is 0. The lowest BCUT2D eigenvalue weighted by atomic mass is 9.98. The topological polar surface area (TPSA) is 12.0 Å². The van der Waals surface area contributed by atoms with E-state index in [1.165, 1.54) is 36.0 Å². The van der Waals surface area contributed by atoms with Crippen molar-refractivity contribution in [1.82, 2.24) is 5.32 Å². The van der Waals surface area contributed by atoms with Gasteiger partial charge >= 0.3 is 0 Å². The maximum absolute atomic E-state index is 3.54. The van der Waals surface area contributed by atoms with Crippen LogP contribution in [0.1, 0.15) is 43.4 Å². The molecule has 1 N–H and O–H groups in total. The summed E-state index contributed by atoms with van der Waals surface area (Å²) in [5.74, 6) is 0. The molecule has 0 spiro atoms. The minimum Gasteiger partial charge on any atom is -0.314 e. The van der Waals surface area contributed by atoms with Gasteiger partial charge in [0, 0.05) is 6.04 Å². The second kappa shape index (κ2) is 6.70. The highest BCUT2D eigenvalue weighted by Gasteiger charge is 2.06. The SMILES string of the molecule is CCNC(CC)CCc1cc(C)ccc1C. The van der Waals surface area contributed by atoms with Crippen LogP contribution >= 0.6 is 0 Å². The van der Waals surface area contributed by atoms with E-state index in [2.05, 4.69) is 51.2 Å². The summed E-state index contributed by atoms with van der Waals surface area (Å²) in [6.45, 7) is 9.90. The molecule has 0 fully saturated rings. The van der Waals surface area contributed by atoms with Gasteiger partial charge in [-0.3, -0.25) is 0 Å². The van der Waals surface area contributed by atoms with Gasteiger partial charge in [0.15, 0.2) is 0 Å². The van der Waals surface area contributed by atoms with Crippen LogP contribution in [0.25, 0.3) is 0 Å². The van der Waals surface area contributed by atoms with Crippen LogP contribution in [-0.2, 0) is 6.42 Å². The number of nitrogens with one attached hydrogen (secondary N) is 1. The number of hydrogen-bond donors (Lipinski definition) is 1. The molecule has 1 unspecified atom stereocenters. The van der Waals surface area contributed by atoms with E-state index in [1.54, 1.807) is 0 Å². The first-order chi connectivity index (χ1) is 7.67. The van der Waals surface area contributed by atoms with Gasteiger partial charge < -0.3 is 5.32 Å². The standard InChI is InChI=1S/C15H25N/c1-5-15(16-6-2)10-9-14-11-12(3)7-8-13(14)4/h7-8,11,15-16H,5-6,9-10H2,1-4H3. The normalized spacial score (nSPS) is 12.8. The molecule has 0 amide bonds. The van der Waals surface area contributed by atoms with Gasteiger partial charge in [-0.15, -0.1) is 0 Å². The zero-order chi connectivity index (χ0) is 12.0. The van der Waals surface area contributed by atoms with Crippen LogP contribution < -0.4 is 5.32 Å². The van der Waals surface area contributed by atoms with Gasteiger partial charge in [0.25, 0.3) is 0 Å². The fraction of sp³-hybridized carbons (Fsp3) is 0.600. The van der Waals surface area contributed by atoms with E-state index in [-0.39, 0.29) is 0 Å². The van der Waals surface area contributed by atoms with E-state index in [4.69, 9.17) is 0 Å². The molecule has 0 aliphatic carbocycles. The van der Waals surface area contributed by atoms with Crippen LogP contribution in [0.15, 0.2) is 18.2 Å². The number of benzene rings is 1. The quantitative estimate of drug-likeness (QED) is 0.770. The van der Waals surface area contributed by atoms with E-state index >= 15 is 0 Å². The van der Waals surface area contributed by atoms with E-state index in [0.29, 0.717) is 6.04 Å². The lowest BCUT2D eigenvalue weighted by Gasteiger charge is -2.16. The lowest BCUT2D eigenvalue weighted by molar-refractivity contribution is 0.480. The summed E-state index contributed by atoms with van der Waals surface area (Å²) >= 11 is 0. The Kier molecular flexibility index (Phi) is 5.54. The Bertz CT molecular complexity index is 317. The van der Waals surface area contributed by atoms with Crippen molar-refractivity contribution in [2.24, 2.45) is 0 Å². The molecule has 0 saturated heterocycles. The van der Waals surface area contributed by atoms with Crippen LogP contribution in [-0.4, -0.2) is 12.6 Å². The van der Waals surface area contributed by atoms with Gasteiger partial charge in [0.2, 0.25) is 0 Å². The summed E-state index contributed by atoms with van der Waals surface area (Å²) < 4.78 is 0. The van der Waals surface area contributed by atoms with Gasteiger partial charge in [-0.05, 0) is 50.8 Å². The summed E-state index contributed by atoms with van der Waals surface area (Å²) in [6, 6.07) is 7.43. The Morgan fingerprint density at radius 3 is 2.56 bits per heavy atom. The Morgan fingerprint density at radius 1 is 1.19 bits per heavy atom. The molecule has 0 saturated carbocycles. The van der Waals surface area contributed by atoms with Crippen molar-refractivity contribution in [2.45, 2.75) is 53.0 Å². The first-order valence-corrected chi connectivity index (χ1v) is 6.46. The summed E-state index contributed by atoms with van der Waals surface area (Å²) in [7, 11) is 0. The molecule has 1 aromatic carbocycles. The summed E-state index contributed by atoms with van der Waals surface area (Å²) in [5, 5.41) is 3.54. The Labute approximate surface area is 100 Å². The predicted molar refractivity (Wildman–Crippen MR) is 72.0 cm³/mol. The van der Waals surface area contributed by atoms with Gasteiger partial charge in [-0.25, -0.2) is 0 Å². The average Bonchev–Trinajstić information content (AvgIpc) is 2.28. The molecule has 16 heavy (non-hydrogen) atoms. The van der Waals surface area contributed by atoms with Crippen LogP contribution in [0.5, 0.6) is 0 Å². The van der Waals surface area contributed by atoms with Crippen LogP contribution in [0.4, 0.5) is 0 Å². The van der Waals surface area contributed by atoms with Crippen molar-refractivity contribution < 1.29 is 0 Å². The predicted octanol–water partition coefficient (Wildman–Crippen LogP) is 3.62. The van der Waals surface area contributed by atoms with E-state index < -0.39 is 0 Å². The largest absolute Gasteiger partial charge is 0.314 e. The molecule has 0 heterocycles.